The second kappa shape index (κ2) is 9.03. The summed E-state index contributed by atoms with van der Waals surface area (Å²) in [5.41, 5.74) is 3.95. The summed E-state index contributed by atoms with van der Waals surface area (Å²) in [5, 5.41) is 4.03. The van der Waals surface area contributed by atoms with Gasteiger partial charge in [-0.2, -0.15) is 4.98 Å². The molecule has 0 saturated carbocycles. The van der Waals surface area contributed by atoms with Gasteiger partial charge in [0.25, 0.3) is 5.91 Å². The molecule has 8 heteroatoms. The highest BCUT2D eigenvalue weighted by atomic mass is 19.1. The minimum absolute atomic E-state index is 0.0432. The molecule has 1 unspecified atom stereocenters. The maximum atomic E-state index is 13.6. The number of nitrogens with zero attached hydrogens (tertiary/aromatic N) is 5. The fourth-order valence-electron chi connectivity index (χ4n) is 4.93. The summed E-state index contributed by atoms with van der Waals surface area (Å²) in [6.07, 6.45) is 1.67. The average Bonchev–Trinajstić information content (AvgIpc) is 3.53. The number of hydrogen-bond donors (Lipinski definition) is 0. The Morgan fingerprint density at radius 3 is 2.72 bits per heavy atom. The number of rotatable bonds is 4. The number of para-hydroxylation sites is 1. The van der Waals surface area contributed by atoms with Crippen molar-refractivity contribution in [1.82, 2.24) is 24.6 Å². The Bertz CT molecular complexity index is 1560. The lowest BCUT2D eigenvalue weighted by atomic mass is 9.97. The van der Waals surface area contributed by atoms with Crippen molar-refractivity contribution in [3.8, 4) is 17.1 Å². The van der Waals surface area contributed by atoms with Crippen molar-refractivity contribution < 1.29 is 13.7 Å². The molecule has 180 valence electrons. The first-order valence-corrected chi connectivity index (χ1v) is 12.0. The number of hydrogen-bond acceptors (Lipinski definition) is 5. The first kappa shape index (κ1) is 22.2. The monoisotopic (exact) mass is 481 g/mol. The van der Waals surface area contributed by atoms with Crippen LogP contribution in [0.1, 0.15) is 40.8 Å². The van der Waals surface area contributed by atoms with Gasteiger partial charge in [0.1, 0.15) is 11.6 Å². The predicted molar refractivity (Wildman–Crippen MR) is 133 cm³/mol. The van der Waals surface area contributed by atoms with Gasteiger partial charge in [-0.3, -0.25) is 9.36 Å². The first-order valence-electron chi connectivity index (χ1n) is 12.0. The second-order valence-electron chi connectivity index (χ2n) is 9.09. The highest BCUT2D eigenvalue weighted by molar-refractivity contribution is 5.97. The van der Waals surface area contributed by atoms with Crippen LogP contribution in [0.25, 0.3) is 28.1 Å². The largest absolute Gasteiger partial charge is 0.339 e. The molecule has 1 saturated heterocycles. The van der Waals surface area contributed by atoms with Crippen molar-refractivity contribution >= 4 is 16.9 Å². The quantitative estimate of drug-likeness (QED) is 0.337. The Hall–Kier alpha value is -4.33. The van der Waals surface area contributed by atoms with Crippen LogP contribution < -0.4 is 0 Å². The van der Waals surface area contributed by atoms with Crippen LogP contribution in [0, 0.1) is 12.7 Å². The van der Waals surface area contributed by atoms with Crippen LogP contribution in [0.15, 0.2) is 77.3 Å². The summed E-state index contributed by atoms with van der Waals surface area (Å²) < 4.78 is 21.2. The number of amides is 1. The lowest BCUT2D eigenvalue weighted by molar-refractivity contribution is 0.0696. The molecule has 0 spiro atoms. The Morgan fingerprint density at radius 2 is 1.89 bits per heavy atom. The Morgan fingerprint density at radius 1 is 1.03 bits per heavy atom. The van der Waals surface area contributed by atoms with Crippen LogP contribution in [-0.2, 0) is 0 Å². The molecule has 3 aromatic carbocycles. The zero-order valence-corrected chi connectivity index (χ0v) is 19.8. The molecule has 6 rings (SSSR count). The average molecular weight is 482 g/mol. The van der Waals surface area contributed by atoms with Crippen molar-refractivity contribution in [3.05, 3.63) is 95.9 Å². The van der Waals surface area contributed by atoms with E-state index < -0.39 is 0 Å². The van der Waals surface area contributed by atoms with E-state index in [-0.39, 0.29) is 17.6 Å². The molecule has 2 aromatic heterocycles. The predicted octanol–water partition coefficient (Wildman–Crippen LogP) is 5.54. The fourth-order valence-corrected chi connectivity index (χ4v) is 4.93. The van der Waals surface area contributed by atoms with Crippen LogP contribution in [0.4, 0.5) is 4.39 Å². The maximum absolute atomic E-state index is 13.6. The topological polar surface area (TPSA) is 77.1 Å². The number of likely N-dealkylation sites (tertiary alicyclic amines) is 1. The van der Waals surface area contributed by atoms with E-state index in [1.54, 1.807) is 12.1 Å². The molecule has 3 heterocycles. The number of carbonyl (C=O) groups is 1. The van der Waals surface area contributed by atoms with E-state index in [1.165, 1.54) is 12.1 Å². The highest BCUT2D eigenvalue weighted by Gasteiger charge is 2.29. The molecular formula is C28H24FN5O2. The number of carbonyl (C=O) groups excluding carboxylic acids is 1. The van der Waals surface area contributed by atoms with Gasteiger partial charge in [0.2, 0.25) is 11.7 Å². The number of aryl methyl sites for hydroxylation is 1. The molecule has 5 aromatic rings. The van der Waals surface area contributed by atoms with Gasteiger partial charge < -0.3 is 9.42 Å². The van der Waals surface area contributed by atoms with Gasteiger partial charge in [-0.25, -0.2) is 9.37 Å². The van der Waals surface area contributed by atoms with Gasteiger partial charge in [-0.05, 0) is 62.2 Å². The van der Waals surface area contributed by atoms with Crippen LogP contribution >= 0.6 is 0 Å². The molecule has 0 bridgehead atoms. The van der Waals surface area contributed by atoms with Crippen LogP contribution in [0.3, 0.4) is 0 Å². The van der Waals surface area contributed by atoms with Crippen molar-refractivity contribution in [2.75, 3.05) is 13.1 Å². The minimum Gasteiger partial charge on any atom is -0.339 e. The summed E-state index contributed by atoms with van der Waals surface area (Å²) in [5.74, 6) is 1.22. The smallest absolute Gasteiger partial charge is 0.253 e. The second-order valence-corrected chi connectivity index (χ2v) is 9.09. The van der Waals surface area contributed by atoms with Gasteiger partial charge in [0, 0.05) is 29.9 Å². The summed E-state index contributed by atoms with van der Waals surface area (Å²) in [6.45, 7) is 3.11. The number of benzene rings is 3. The highest BCUT2D eigenvalue weighted by Crippen LogP contribution is 2.29. The molecule has 1 atom stereocenters. The van der Waals surface area contributed by atoms with E-state index in [1.807, 2.05) is 60.4 Å². The maximum Gasteiger partial charge on any atom is 0.253 e. The summed E-state index contributed by atoms with van der Waals surface area (Å²) in [4.78, 5) is 24.5. The number of piperidine rings is 1. The Kier molecular flexibility index (Phi) is 5.56. The molecule has 1 aliphatic heterocycles. The van der Waals surface area contributed by atoms with E-state index >= 15 is 0 Å². The van der Waals surface area contributed by atoms with Crippen molar-refractivity contribution in [1.29, 1.82) is 0 Å². The molecule has 0 radical (unpaired) electrons. The lowest BCUT2D eigenvalue weighted by Gasteiger charge is -2.31. The Balaban J connectivity index is 1.23. The normalized spacial score (nSPS) is 15.9. The third-order valence-corrected chi connectivity index (χ3v) is 6.67. The summed E-state index contributed by atoms with van der Waals surface area (Å²) >= 11 is 0. The molecule has 0 aliphatic carbocycles. The van der Waals surface area contributed by atoms with Gasteiger partial charge in [0.05, 0.1) is 17.0 Å². The SMILES string of the molecule is Cc1nc2cc(C(=O)N3CCCC(c4nc(-c5cccc(F)c5)no4)C3)ccc2n1-c1ccccc1. The van der Waals surface area contributed by atoms with Crippen molar-refractivity contribution in [2.45, 2.75) is 25.7 Å². The molecule has 0 N–H and O–H groups in total. The van der Waals surface area contributed by atoms with Gasteiger partial charge in [-0.1, -0.05) is 35.5 Å². The van der Waals surface area contributed by atoms with E-state index in [9.17, 15) is 9.18 Å². The molecule has 36 heavy (non-hydrogen) atoms. The molecule has 1 aliphatic rings. The number of aromatic nitrogens is 4. The van der Waals surface area contributed by atoms with E-state index in [4.69, 9.17) is 9.51 Å². The zero-order valence-electron chi connectivity index (χ0n) is 19.8. The third kappa shape index (κ3) is 4.04. The zero-order chi connectivity index (χ0) is 24.6. The summed E-state index contributed by atoms with van der Waals surface area (Å²) in [6, 6.07) is 21.8. The molecule has 1 amide bonds. The molecule has 7 nitrogen and oxygen atoms in total. The van der Waals surface area contributed by atoms with Gasteiger partial charge in [0.15, 0.2) is 0 Å². The van der Waals surface area contributed by atoms with Gasteiger partial charge in [-0.15, -0.1) is 0 Å². The molecule has 1 fully saturated rings. The summed E-state index contributed by atoms with van der Waals surface area (Å²) in [7, 11) is 0. The van der Waals surface area contributed by atoms with Crippen molar-refractivity contribution in [2.24, 2.45) is 0 Å². The van der Waals surface area contributed by atoms with Crippen LogP contribution in [0.5, 0.6) is 0 Å². The van der Waals surface area contributed by atoms with E-state index in [2.05, 4.69) is 14.7 Å². The van der Waals surface area contributed by atoms with Crippen LogP contribution in [0.2, 0.25) is 0 Å². The van der Waals surface area contributed by atoms with E-state index in [0.717, 1.165) is 35.4 Å². The number of fused-ring (bicyclic) bond motifs is 1. The van der Waals surface area contributed by atoms with Crippen LogP contribution in [-0.4, -0.2) is 43.6 Å². The molecular weight excluding hydrogens is 457 g/mol. The standard InChI is InChI=1S/C28H24FN5O2/c1-18-30-24-16-20(12-13-25(24)34(18)23-10-3-2-4-11-23)28(35)33-14-6-8-21(17-33)27-31-26(32-36-27)19-7-5-9-22(29)15-19/h2-5,7,9-13,15-16,21H,6,8,14,17H2,1H3. The number of imidazole rings is 1. The fraction of sp³-hybridized carbons (Fsp3) is 0.214. The van der Waals surface area contributed by atoms with E-state index in [0.29, 0.717) is 35.9 Å². The first-order chi connectivity index (χ1) is 17.6. The number of halogens is 1. The third-order valence-electron chi connectivity index (χ3n) is 6.67. The van der Waals surface area contributed by atoms with Gasteiger partial charge >= 0.3 is 0 Å². The minimum atomic E-state index is -0.353. The lowest BCUT2D eigenvalue weighted by Crippen LogP contribution is -2.39. The van der Waals surface area contributed by atoms with Crippen molar-refractivity contribution in [3.63, 3.8) is 0 Å². The Labute approximate surface area is 207 Å².